The van der Waals surface area contributed by atoms with Gasteiger partial charge >= 0.3 is 24.7 Å². The van der Waals surface area contributed by atoms with Gasteiger partial charge in [-0.25, -0.2) is 0 Å². The first kappa shape index (κ1) is 39.3. The van der Waals surface area contributed by atoms with Crippen LogP contribution in [0.3, 0.4) is 0 Å². The van der Waals surface area contributed by atoms with Gasteiger partial charge in [0.15, 0.2) is 0 Å². The second-order valence-corrected chi connectivity index (χ2v) is 15.1. The summed E-state index contributed by atoms with van der Waals surface area (Å²) in [6.45, 7) is 11.4. The Kier molecular flexibility index (Phi) is 10.9. The van der Waals surface area contributed by atoms with Crippen LogP contribution in [0.5, 0.6) is 0 Å². The molecular weight excluding hydrogens is 703 g/mol. The Morgan fingerprint density at radius 1 is 0.440 bits per heavy atom. The summed E-state index contributed by atoms with van der Waals surface area (Å²) in [7, 11) is -2.93. The van der Waals surface area contributed by atoms with Crippen molar-refractivity contribution in [2.75, 3.05) is 0 Å². The molecule has 0 saturated carbocycles. The smallest absolute Gasteiger partial charge is 0.166 e. The summed E-state index contributed by atoms with van der Waals surface area (Å²) in [4.78, 5) is 0. The van der Waals surface area contributed by atoms with Crippen LogP contribution < -0.4 is 15.9 Å². The molecule has 0 aliphatic heterocycles. The lowest BCUT2D eigenvalue weighted by Crippen LogP contribution is -2.27. The predicted molar refractivity (Wildman–Crippen MR) is 173 cm³/mol. The third-order valence-corrected chi connectivity index (χ3v) is 10.6. The van der Waals surface area contributed by atoms with Gasteiger partial charge in [0.1, 0.15) is 0 Å². The summed E-state index contributed by atoms with van der Waals surface area (Å²) in [5, 5.41) is -1.46. The van der Waals surface area contributed by atoms with Gasteiger partial charge in [0.25, 0.3) is 0 Å². The lowest BCUT2D eigenvalue weighted by atomic mass is 9.82. The molecule has 13 heteroatoms. The molecule has 270 valence electrons. The Morgan fingerprint density at radius 3 is 1.08 bits per heavy atom. The van der Waals surface area contributed by atoms with Crippen molar-refractivity contribution in [3.8, 4) is 11.1 Å². The zero-order chi connectivity index (χ0) is 37.7. The molecule has 0 N–H and O–H groups in total. The van der Waals surface area contributed by atoms with Gasteiger partial charge in [0.05, 0.1) is 22.3 Å². The lowest BCUT2D eigenvalue weighted by molar-refractivity contribution is -0.144. The molecule has 0 unspecified atom stereocenters. The van der Waals surface area contributed by atoms with Gasteiger partial charge in [-0.1, -0.05) is 77.9 Å². The zero-order valence-electron chi connectivity index (χ0n) is 27.6. The Bertz CT molecular complexity index is 1670. The quantitative estimate of drug-likeness (QED) is 0.131. The molecule has 0 fully saturated rings. The highest BCUT2D eigenvalue weighted by Crippen LogP contribution is 2.47. The van der Waals surface area contributed by atoms with E-state index in [1.807, 2.05) is 53.7 Å². The molecule has 0 radical (unpaired) electrons. The van der Waals surface area contributed by atoms with Crippen molar-refractivity contribution in [2.24, 2.45) is 0 Å². The summed E-state index contributed by atoms with van der Waals surface area (Å²) in [6.07, 6.45) is -21.3. The molecule has 0 bridgehead atoms. The summed E-state index contributed by atoms with van der Waals surface area (Å²) < 4.78 is 169. The van der Waals surface area contributed by atoms with Crippen molar-refractivity contribution < 1.29 is 52.7 Å². The SMILES string of the molecule is CC(C)c1cc(C(C)C)c(-c2ccccc2P(c2cc(C(F)(F)F)cc(C(F)(F)F)c2)c2cc(C(F)(F)F)cc(C(F)(F)F)c2)c(C(C)C)c1. The maximum atomic E-state index is 14.1. The monoisotopic (exact) mass is 736 g/mol. The standard InChI is InChI=1S/C37H33F12P/c1-19(2)22-11-30(20(3)4)33(31(12-22)21(5)6)29-9-7-8-10-32(29)50(27-15-23(34(38,39)40)13-24(16-27)35(41,42)43)28-17-25(36(44,45)46)14-26(18-28)37(47,48)49/h7-21H,1-6H3. The molecule has 0 atom stereocenters. The van der Waals surface area contributed by atoms with Crippen molar-refractivity contribution in [1.29, 1.82) is 0 Å². The fourth-order valence-corrected chi connectivity index (χ4v) is 8.30. The molecular formula is C37H33F12P. The average Bonchev–Trinajstić information content (AvgIpc) is 2.98. The third kappa shape index (κ3) is 8.49. The highest BCUT2D eigenvalue weighted by Gasteiger charge is 2.41. The molecule has 0 saturated heterocycles. The van der Waals surface area contributed by atoms with E-state index in [0.29, 0.717) is 29.8 Å². The minimum atomic E-state index is -5.33. The highest BCUT2D eigenvalue weighted by atomic mass is 31.1. The largest absolute Gasteiger partial charge is 0.416 e. The Hall–Kier alpha value is -3.53. The first-order chi connectivity index (χ1) is 22.8. The normalized spacial score (nSPS) is 13.3. The van der Waals surface area contributed by atoms with Crippen LogP contribution in [-0.4, -0.2) is 0 Å². The summed E-state index contributed by atoms with van der Waals surface area (Å²) in [6, 6.07) is 10.9. The fraction of sp³-hybridized carbons (Fsp3) is 0.351. The molecule has 0 aromatic heterocycles. The van der Waals surface area contributed by atoms with Crippen molar-refractivity contribution in [3.05, 3.63) is 112 Å². The van der Waals surface area contributed by atoms with Crippen LogP contribution in [0, 0.1) is 0 Å². The van der Waals surface area contributed by atoms with Gasteiger partial charge in [0, 0.05) is 0 Å². The van der Waals surface area contributed by atoms with E-state index in [9.17, 15) is 52.7 Å². The van der Waals surface area contributed by atoms with E-state index in [-0.39, 0.29) is 40.8 Å². The molecule has 4 aromatic carbocycles. The molecule has 4 aromatic rings. The third-order valence-electron chi connectivity index (χ3n) is 8.21. The Labute approximate surface area is 283 Å². The molecule has 50 heavy (non-hydrogen) atoms. The van der Waals surface area contributed by atoms with Crippen LogP contribution in [0.25, 0.3) is 11.1 Å². The van der Waals surface area contributed by atoms with E-state index in [2.05, 4.69) is 0 Å². The number of rotatable bonds is 7. The second kappa shape index (κ2) is 13.9. The van der Waals surface area contributed by atoms with Crippen molar-refractivity contribution in [3.63, 3.8) is 0 Å². The van der Waals surface area contributed by atoms with Crippen molar-refractivity contribution >= 4 is 23.8 Å². The minimum absolute atomic E-state index is 0.0107. The van der Waals surface area contributed by atoms with Gasteiger partial charge < -0.3 is 0 Å². The van der Waals surface area contributed by atoms with Gasteiger partial charge in [-0.3, -0.25) is 0 Å². The molecule has 0 aliphatic carbocycles. The van der Waals surface area contributed by atoms with Crippen LogP contribution in [0.15, 0.2) is 72.8 Å². The zero-order valence-corrected chi connectivity index (χ0v) is 28.5. The minimum Gasteiger partial charge on any atom is -0.166 e. The van der Waals surface area contributed by atoms with E-state index in [4.69, 9.17) is 0 Å². The number of benzene rings is 4. The van der Waals surface area contributed by atoms with Gasteiger partial charge in [-0.15, -0.1) is 0 Å². The molecule has 4 rings (SSSR count). The number of hydrogen-bond donors (Lipinski definition) is 0. The Balaban J connectivity index is 2.26. The van der Waals surface area contributed by atoms with Crippen LogP contribution in [0.2, 0.25) is 0 Å². The lowest BCUT2D eigenvalue weighted by Gasteiger charge is -2.29. The second-order valence-electron chi connectivity index (χ2n) is 12.9. The maximum absolute atomic E-state index is 14.1. The molecule has 0 amide bonds. The van der Waals surface area contributed by atoms with Crippen molar-refractivity contribution in [1.82, 2.24) is 0 Å². The number of hydrogen-bond acceptors (Lipinski definition) is 0. The highest BCUT2D eigenvalue weighted by molar-refractivity contribution is 7.80. The number of halogens is 12. The van der Waals surface area contributed by atoms with Gasteiger partial charge in [-0.2, -0.15) is 52.7 Å². The topological polar surface area (TPSA) is 0 Å². The molecule has 0 spiro atoms. The maximum Gasteiger partial charge on any atom is 0.416 e. The molecule has 0 heterocycles. The fourth-order valence-electron chi connectivity index (χ4n) is 5.71. The van der Waals surface area contributed by atoms with E-state index in [1.165, 1.54) is 12.1 Å². The predicted octanol–water partition coefficient (Wildman–Crippen LogP) is 12.6. The Morgan fingerprint density at radius 2 is 0.780 bits per heavy atom. The van der Waals surface area contributed by atoms with Gasteiger partial charge in [0.2, 0.25) is 0 Å². The first-order valence-corrected chi connectivity index (χ1v) is 16.8. The van der Waals surface area contributed by atoms with E-state index in [1.54, 1.807) is 12.1 Å². The summed E-state index contributed by atoms with van der Waals surface area (Å²) >= 11 is 0. The summed E-state index contributed by atoms with van der Waals surface area (Å²) in [5.74, 6) is -0.310. The van der Waals surface area contributed by atoms with Gasteiger partial charge in [-0.05, 0) is 106 Å². The van der Waals surface area contributed by atoms with E-state index in [0.717, 1.165) is 16.7 Å². The average molecular weight is 737 g/mol. The van der Waals surface area contributed by atoms with Crippen molar-refractivity contribution in [2.45, 2.75) is 84.0 Å². The molecule has 0 aliphatic rings. The summed E-state index contributed by atoms with van der Waals surface area (Å²) in [5.41, 5.74) is -3.70. The van der Waals surface area contributed by atoms with E-state index >= 15 is 0 Å². The van der Waals surface area contributed by atoms with Crippen LogP contribution in [0.1, 0.15) is 98.2 Å². The molecule has 0 nitrogen and oxygen atoms in total. The number of alkyl halides is 12. The van der Waals surface area contributed by atoms with Crippen LogP contribution >= 0.6 is 7.92 Å². The first-order valence-electron chi connectivity index (χ1n) is 15.5. The van der Waals surface area contributed by atoms with Crippen LogP contribution in [0.4, 0.5) is 52.7 Å². The van der Waals surface area contributed by atoms with E-state index < -0.39 is 65.5 Å². The van der Waals surface area contributed by atoms with Crippen LogP contribution in [-0.2, 0) is 24.7 Å².